The summed E-state index contributed by atoms with van der Waals surface area (Å²) in [6, 6.07) is 6.23. The molecule has 1 heterocycles. The minimum Gasteiger partial charge on any atom is -0.490 e. The topological polar surface area (TPSA) is 12.5 Å². The number of anilines is 1. The van der Waals surface area contributed by atoms with Gasteiger partial charge in [-0.15, -0.1) is 0 Å². The number of fused-ring (bicyclic) bond motifs is 1. The molecule has 0 radical (unpaired) electrons. The molecule has 0 spiro atoms. The lowest BCUT2D eigenvalue weighted by Crippen LogP contribution is -2.28. The maximum absolute atomic E-state index is 5.53. The third kappa shape index (κ3) is 1.61. The summed E-state index contributed by atoms with van der Waals surface area (Å²) in [5.74, 6) is 1.76. The molecule has 1 aliphatic rings. The second-order valence-electron chi connectivity index (χ2n) is 3.23. The van der Waals surface area contributed by atoms with Gasteiger partial charge in [-0.05, 0) is 17.7 Å². The first-order chi connectivity index (χ1) is 6.31. The van der Waals surface area contributed by atoms with Gasteiger partial charge in [-0.2, -0.15) is 12.6 Å². The van der Waals surface area contributed by atoms with E-state index in [0.29, 0.717) is 0 Å². The van der Waals surface area contributed by atoms with Crippen LogP contribution in [0.25, 0.3) is 0 Å². The summed E-state index contributed by atoms with van der Waals surface area (Å²) in [7, 11) is 2.09. The monoisotopic (exact) mass is 195 g/mol. The van der Waals surface area contributed by atoms with Gasteiger partial charge in [0.2, 0.25) is 0 Å². The molecule has 2 rings (SSSR count). The van der Waals surface area contributed by atoms with Gasteiger partial charge in [-0.25, -0.2) is 0 Å². The van der Waals surface area contributed by atoms with Crippen LogP contribution in [0.15, 0.2) is 18.2 Å². The summed E-state index contributed by atoms with van der Waals surface area (Å²) >= 11 is 4.25. The predicted octanol–water partition coefficient (Wildman–Crippen LogP) is 1.95. The Labute approximate surface area is 83.9 Å². The Morgan fingerprint density at radius 2 is 2.38 bits per heavy atom. The molecule has 0 aromatic heterocycles. The average molecular weight is 195 g/mol. The van der Waals surface area contributed by atoms with Crippen LogP contribution in [-0.4, -0.2) is 20.2 Å². The predicted molar refractivity (Wildman–Crippen MR) is 57.9 cm³/mol. The Bertz CT molecular complexity index is 314. The highest BCUT2D eigenvalue weighted by atomic mass is 32.1. The van der Waals surface area contributed by atoms with E-state index in [2.05, 4.69) is 36.7 Å². The van der Waals surface area contributed by atoms with Crippen LogP contribution in [0.1, 0.15) is 5.56 Å². The molecule has 0 aliphatic carbocycles. The molecule has 1 aromatic rings. The molecular formula is C10H13NOS. The van der Waals surface area contributed by atoms with Crippen molar-refractivity contribution in [3.8, 4) is 5.75 Å². The van der Waals surface area contributed by atoms with Gasteiger partial charge in [0.1, 0.15) is 12.4 Å². The molecule has 0 N–H and O–H groups in total. The zero-order valence-corrected chi connectivity index (χ0v) is 8.55. The fourth-order valence-corrected chi connectivity index (χ4v) is 1.69. The molecule has 0 amide bonds. The standard InChI is InChI=1S/C10H13NOS/c1-11-4-5-12-10-3-2-8(7-13)6-9(10)11/h2-3,6,13H,4-5,7H2,1H3. The molecule has 2 nitrogen and oxygen atoms in total. The summed E-state index contributed by atoms with van der Waals surface area (Å²) < 4.78 is 5.53. The van der Waals surface area contributed by atoms with Crippen molar-refractivity contribution in [2.75, 3.05) is 25.1 Å². The number of rotatable bonds is 1. The van der Waals surface area contributed by atoms with Crippen LogP contribution in [0.5, 0.6) is 5.75 Å². The number of ether oxygens (including phenoxy) is 1. The van der Waals surface area contributed by atoms with Gasteiger partial charge in [0.15, 0.2) is 0 Å². The second-order valence-corrected chi connectivity index (χ2v) is 3.55. The fourth-order valence-electron chi connectivity index (χ4n) is 1.49. The highest BCUT2D eigenvalue weighted by Crippen LogP contribution is 2.31. The molecule has 0 bridgehead atoms. The maximum atomic E-state index is 5.53. The van der Waals surface area contributed by atoms with Crippen molar-refractivity contribution in [3.63, 3.8) is 0 Å². The van der Waals surface area contributed by atoms with Gasteiger partial charge in [0.25, 0.3) is 0 Å². The van der Waals surface area contributed by atoms with Crippen molar-refractivity contribution >= 4 is 18.3 Å². The van der Waals surface area contributed by atoms with E-state index in [-0.39, 0.29) is 0 Å². The van der Waals surface area contributed by atoms with Crippen LogP contribution in [0, 0.1) is 0 Å². The summed E-state index contributed by atoms with van der Waals surface area (Å²) in [6.07, 6.45) is 0. The molecule has 0 saturated heterocycles. The van der Waals surface area contributed by atoms with E-state index in [1.54, 1.807) is 0 Å². The van der Waals surface area contributed by atoms with Gasteiger partial charge in [-0.3, -0.25) is 0 Å². The molecule has 1 aromatic carbocycles. The van der Waals surface area contributed by atoms with Crippen molar-refractivity contribution in [1.82, 2.24) is 0 Å². The minimum atomic E-state index is 0.779. The van der Waals surface area contributed by atoms with Crippen LogP contribution >= 0.6 is 12.6 Å². The minimum absolute atomic E-state index is 0.779. The van der Waals surface area contributed by atoms with Crippen molar-refractivity contribution in [2.45, 2.75) is 5.75 Å². The largest absolute Gasteiger partial charge is 0.490 e. The Morgan fingerprint density at radius 1 is 1.54 bits per heavy atom. The number of benzene rings is 1. The zero-order valence-electron chi connectivity index (χ0n) is 7.66. The van der Waals surface area contributed by atoms with Gasteiger partial charge >= 0.3 is 0 Å². The van der Waals surface area contributed by atoms with Crippen molar-refractivity contribution in [2.24, 2.45) is 0 Å². The van der Waals surface area contributed by atoms with E-state index in [4.69, 9.17) is 4.74 Å². The van der Waals surface area contributed by atoms with Gasteiger partial charge in [-0.1, -0.05) is 6.07 Å². The normalized spacial score (nSPS) is 15.1. The highest BCUT2D eigenvalue weighted by molar-refractivity contribution is 7.79. The summed E-state index contributed by atoms with van der Waals surface area (Å²) in [5.41, 5.74) is 2.41. The van der Waals surface area contributed by atoms with Crippen LogP contribution in [-0.2, 0) is 5.75 Å². The molecule has 0 fully saturated rings. The number of hydrogen-bond donors (Lipinski definition) is 1. The number of thiol groups is 1. The lowest BCUT2D eigenvalue weighted by Gasteiger charge is -2.27. The zero-order chi connectivity index (χ0) is 9.26. The number of hydrogen-bond acceptors (Lipinski definition) is 3. The first kappa shape index (κ1) is 8.75. The summed E-state index contributed by atoms with van der Waals surface area (Å²) in [5, 5.41) is 0. The summed E-state index contributed by atoms with van der Waals surface area (Å²) in [4.78, 5) is 2.21. The van der Waals surface area contributed by atoms with E-state index < -0.39 is 0 Å². The van der Waals surface area contributed by atoms with Crippen molar-refractivity contribution in [3.05, 3.63) is 23.8 Å². The Hall–Kier alpha value is -0.830. The highest BCUT2D eigenvalue weighted by Gasteiger charge is 2.14. The van der Waals surface area contributed by atoms with Crippen LogP contribution in [0.3, 0.4) is 0 Å². The van der Waals surface area contributed by atoms with Gasteiger partial charge in [0, 0.05) is 12.8 Å². The quantitative estimate of drug-likeness (QED) is 0.688. The smallest absolute Gasteiger partial charge is 0.142 e. The molecular weight excluding hydrogens is 182 g/mol. The third-order valence-corrected chi connectivity index (χ3v) is 2.67. The number of nitrogens with zero attached hydrogens (tertiary/aromatic N) is 1. The molecule has 13 heavy (non-hydrogen) atoms. The van der Waals surface area contributed by atoms with Crippen molar-refractivity contribution in [1.29, 1.82) is 0 Å². The molecule has 3 heteroatoms. The first-order valence-corrected chi connectivity index (χ1v) is 5.02. The average Bonchev–Trinajstić information content (AvgIpc) is 2.18. The van der Waals surface area contributed by atoms with Gasteiger partial charge < -0.3 is 9.64 Å². The fraction of sp³-hybridized carbons (Fsp3) is 0.400. The lowest BCUT2D eigenvalue weighted by molar-refractivity contribution is 0.311. The van der Waals surface area contributed by atoms with E-state index in [9.17, 15) is 0 Å². The van der Waals surface area contributed by atoms with E-state index in [1.165, 1.54) is 11.3 Å². The lowest BCUT2D eigenvalue weighted by atomic mass is 10.2. The molecule has 0 atom stereocenters. The Morgan fingerprint density at radius 3 is 3.15 bits per heavy atom. The first-order valence-electron chi connectivity index (χ1n) is 4.39. The van der Waals surface area contributed by atoms with Crippen LogP contribution in [0.4, 0.5) is 5.69 Å². The second kappa shape index (κ2) is 3.50. The Balaban J connectivity index is 2.41. The van der Waals surface area contributed by atoms with Crippen LogP contribution in [0.2, 0.25) is 0 Å². The van der Waals surface area contributed by atoms with Crippen LogP contribution < -0.4 is 9.64 Å². The Kier molecular flexibility index (Phi) is 2.36. The molecule has 70 valence electrons. The van der Waals surface area contributed by atoms with E-state index in [0.717, 1.165) is 24.7 Å². The molecule has 1 aliphatic heterocycles. The van der Waals surface area contributed by atoms with Crippen molar-refractivity contribution < 1.29 is 4.74 Å². The van der Waals surface area contributed by atoms with E-state index in [1.807, 2.05) is 6.07 Å². The SMILES string of the molecule is CN1CCOc2ccc(CS)cc21. The number of likely N-dealkylation sites (N-methyl/N-ethyl adjacent to an activating group) is 1. The summed E-state index contributed by atoms with van der Waals surface area (Å²) in [6.45, 7) is 1.74. The third-order valence-electron chi connectivity index (χ3n) is 2.30. The van der Waals surface area contributed by atoms with E-state index >= 15 is 0 Å². The maximum Gasteiger partial charge on any atom is 0.142 e. The van der Waals surface area contributed by atoms with Gasteiger partial charge in [0.05, 0.1) is 12.2 Å². The molecule has 0 unspecified atom stereocenters. The molecule has 0 saturated carbocycles.